The minimum atomic E-state index is -0.384. The van der Waals surface area contributed by atoms with Crippen LogP contribution in [0.15, 0.2) is 35.1 Å². The molecule has 0 saturated carbocycles. The lowest BCUT2D eigenvalue weighted by atomic mass is 10.1. The molecule has 2 heterocycles. The number of rotatable bonds is 3. The molecule has 1 aromatic carbocycles. The first-order valence-electron chi connectivity index (χ1n) is 7.13. The van der Waals surface area contributed by atoms with Crippen LogP contribution in [-0.2, 0) is 9.59 Å². The molecular weight excluding hydrogens is 282 g/mol. The molecule has 1 atom stereocenters. The predicted octanol–water partition coefficient (Wildman–Crippen LogP) is 2.28. The van der Waals surface area contributed by atoms with Gasteiger partial charge >= 0.3 is 0 Å². The summed E-state index contributed by atoms with van der Waals surface area (Å²) in [6.45, 7) is 4.17. The summed E-state index contributed by atoms with van der Waals surface area (Å²) < 4.78 is 4.79. The third-order valence-corrected chi connectivity index (χ3v) is 3.83. The first kappa shape index (κ1) is 14.3. The second-order valence-electron chi connectivity index (χ2n) is 5.58. The van der Waals surface area contributed by atoms with E-state index in [-0.39, 0.29) is 24.2 Å². The van der Waals surface area contributed by atoms with Crippen molar-refractivity contribution < 1.29 is 14.1 Å². The summed E-state index contributed by atoms with van der Waals surface area (Å²) in [5.41, 5.74) is 2.71. The van der Waals surface area contributed by atoms with Gasteiger partial charge in [-0.3, -0.25) is 9.59 Å². The van der Waals surface area contributed by atoms with Gasteiger partial charge in [-0.05, 0) is 26.0 Å². The van der Waals surface area contributed by atoms with Crippen molar-refractivity contribution >= 4 is 23.3 Å². The highest BCUT2D eigenvalue weighted by molar-refractivity contribution is 6.03. The van der Waals surface area contributed by atoms with Crippen molar-refractivity contribution in [2.45, 2.75) is 20.3 Å². The second kappa shape index (κ2) is 5.63. The monoisotopic (exact) mass is 299 g/mol. The molecule has 1 aromatic heterocycles. The molecule has 0 spiro atoms. The molecule has 6 heteroatoms. The summed E-state index contributed by atoms with van der Waals surface area (Å²) in [4.78, 5) is 26.1. The molecule has 0 bridgehead atoms. The van der Waals surface area contributed by atoms with Gasteiger partial charge in [0.1, 0.15) is 6.26 Å². The van der Waals surface area contributed by atoms with E-state index in [1.165, 1.54) is 6.26 Å². The van der Waals surface area contributed by atoms with E-state index in [9.17, 15) is 9.59 Å². The van der Waals surface area contributed by atoms with E-state index in [1.807, 2.05) is 31.2 Å². The Morgan fingerprint density at radius 3 is 2.68 bits per heavy atom. The number of nitrogens with one attached hydrogen (secondary N) is 1. The van der Waals surface area contributed by atoms with Gasteiger partial charge < -0.3 is 14.7 Å². The lowest BCUT2D eigenvalue weighted by molar-refractivity contribution is -0.122. The van der Waals surface area contributed by atoms with Crippen molar-refractivity contribution in [2.24, 2.45) is 5.92 Å². The van der Waals surface area contributed by atoms with Gasteiger partial charge in [0.25, 0.3) is 0 Å². The molecule has 1 saturated heterocycles. The molecule has 3 rings (SSSR count). The molecule has 114 valence electrons. The second-order valence-corrected chi connectivity index (χ2v) is 5.58. The first-order valence-corrected chi connectivity index (χ1v) is 7.13. The lowest BCUT2D eigenvalue weighted by Gasteiger charge is -2.16. The number of benzene rings is 1. The normalized spacial score (nSPS) is 17.8. The molecule has 0 radical (unpaired) electrons. The number of aryl methyl sites for hydroxylation is 2. The van der Waals surface area contributed by atoms with Gasteiger partial charge in [0.2, 0.25) is 11.8 Å². The average molecular weight is 299 g/mol. The Hall–Kier alpha value is -2.63. The molecule has 1 fully saturated rings. The standard InChI is InChI=1S/C16H17N3O3/c1-10-3-5-13(6-4-10)19-8-12(7-14(19)20)16(21)17-15-11(2)9-22-18-15/h3-6,9,12H,7-8H2,1-2H3,(H,17,18,21)/t12-/m1/s1. The van der Waals surface area contributed by atoms with E-state index >= 15 is 0 Å². The van der Waals surface area contributed by atoms with Crippen LogP contribution in [0.25, 0.3) is 0 Å². The van der Waals surface area contributed by atoms with Gasteiger partial charge in [-0.1, -0.05) is 22.9 Å². The van der Waals surface area contributed by atoms with E-state index in [0.717, 1.165) is 16.8 Å². The summed E-state index contributed by atoms with van der Waals surface area (Å²) in [6, 6.07) is 7.70. The Kier molecular flexibility index (Phi) is 3.66. The number of amides is 2. The van der Waals surface area contributed by atoms with E-state index < -0.39 is 0 Å². The topological polar surface area (TPSA) is 75.4 Å². The maximum absolute atomic E-state index is 12.3. The number of carbonyl (C=O) groups is 2. The van der Waals surface area contributed by atoms with Gasteiger partial charge in [0, 0.05) is 24.2 Å². The highest BCUT2D eigenvalue weighted by Gasteiger charge is 2.35. The zero-order chi connectivity index (χ0) is 15.7. The molecule has 0 unspecified atom stereocenters. The Balaban J connectivity index is 1.70. The van der Waals surface area contributed by atoms with Gasteiger partial charge in [-0.2, -0.15) is 0 Å². The van der Waals surface area contributed by atoms with Crippen molar-refractivity contribution in [3.63, 3.8) is 0 Å². The number of hydrogen-bond donors (Lipinski definition) is 1. The number of aromatic nitrogens is 1. The summed E-state index contributed by atoms with van der Waals surface area (Å²) >= 11 is 0. The van der Waals surface area contributed by atoms with E-state index in [4.69, 9.17) is 4.52 Å². The zero-order valence-corrected chi connectivity index (χ0v) is 12.5. The Labute approximate surface area is 128 Å². The Morgan fingerprint density at radius 1 is 1.32 bits per heavy atom. The van der Waals surface area contributed by atoms with E-state index in [0.29, 0.717) is 12.4 Å². The molecule has 6 nitrogen and oxygen atoms in total. The zero-order valence-electron chi connectivity index (χ0n) is 12.5. The third kappa shape index (κ3) is 2.72. The van der Waals surface area contributed by atoms with Crippen molar-refractivity contribution in [3.05, 3.63) is 41.7 Å². The Bertz CT molecular complexity index is 706. The van der Waals surface area contributed by atoms with Crippen molar-refractivity contribution in [1.29, 1.82) is 0 Å². The molecule has 1 aliphatic heterocycles. The van der Waals surface area contributed by atoms with Crippen LogP contribution in [0.2, 0.25) is 0 Å². The first-order chi connectivity index (χ1) is 10.5. The smallest absolute Gasteiger partial charge is 0.231 e. The highest BCUT2D eigenvalue weighted by Crippen LogP contribution is 2.26. The van der Waals surface area contributed by atoms with Crippen LogP contribution >= 0.6 is 0 Å². The number of hydrogen-bond acceptors (Lipinski definition) is 4. The molecule has 2 aromatic rings. The largest absolute Gasteiger partial charge is 0.362 e. The third-order valence-electron chi connectivity index (χ3n) is 3.83. The maximum Gasteiger partial charge on any atom is 0.231 e. The van der Waals surface area contributed by atoms with Crippen LogP contribution in [0.4, 0.5) is 11.5 Å². The molecule has 1 aliphatic rings. The van der Waals surface area contributed by atoms with E-state index in [2.05, 4.69) is 10.5 Å². The van der Waals surface area contributed by atoms with Crippen LogP contribution in [0.1, 0.15) is 17.5 Å². The molecule has 2 amide bonds. The van der Waals surface area contributed by atoms with E-state index in [1.54, 1.807) is 11.8 Å². The summed E-state index contributed by atoms with van der Waals surface area (Å²) in [6.07, 6.45) is 1.67. The van der Waals surface area contributed by atoms with Crippen LogP contribution in [0.5, 0.6) is 0 Å². The number of nitrogens with zero attached hydrogens (tertiary/aromatic N) is 2. The van der Waals surface area contributed by atoms with Gasteiger partial charge in [0.05, 0.1) is 5.92 Å². The quantitative estimate of drug-likeness (QED) is 0.943. The summed E-state index contributed by atoms with van der Waals surface area (Å²) in [5.74, 6) is -0.225. The minimum absolute atomic E-state index is 0.0409. The van der Waals surface area contributed by atoms with Gasteiger partial charge in [-0.25, -0.2) is 0 Å². The van der Waals surface area contributed by atoms with Crippen molar-refractivity contribution in [3.8, 4) is 0 Å². The fourth-order valence-electron chi connectivity index (χ4n) is 2.48. The van der Waals surface area contributed by atoms with Crippen molar-refractivity contribution in [2.75, 3.05) is 16.8 Å². The minimum Gasteiger partial charge on any atom is -0.362 e. The van der Waals surface area contributed by atoms with Crippen LogP contribution < -0.4 is 10.2 Å². The molecule has 1 N–H and O–H groups in total. The van der Waals surface area contributed by atoms with Crippen LogP contribution in [0, 0.1) is 19.8 Å². The SMILES string of the molecule is Cc1ccc(N2C[C@H](C(=O)Nc3nocc3C)CC2=O)cc1. The molecular formula is C16H17N3O3. The van der Waals surface area contributed by atoms with Gasteiger partial charge in [0.15, 0.2) is 5.82 Å². The predicted molar refractivity (Wildman–Crippen MR) is 81.5 cm³/mol. The van der Waals surface area contributed by atoms with Crippen LogP contribution in [0.3, 0.4) is 0 Å². The fourth-order valence-corrected chi connectivity index (χ4v) is 2.48. The average Bonchev–Trinajstić information content (AvgIpc) is 3.07. The summed E-state index contributed by atoms with van der Waals surface area (Å²) in [7, 11) is 0. The number of carbonyl (C=O) groups excluding carboxylic acids is 2. The maximum atomic E-state index is 12.3. The Morgan fingerprint density at radius 2 is 2.05 bits per heavy atom. The fraction of sp³-hybridized carbons (Fsp3) is 0.312. The molecule has 22 heavy (non-hydrogen) atoms. The highest BCUT2D eigenvalue weighted by atomic mass is 16.5. The van der Waals surface area contributed by atoms with Gasteiger partial charge in [-0.15, -0.1) is 0 Å². The van der Waals surface area contributed by atoms with Crippen molar-refractivity contribution in [1.82, 2.24) is 5.16 Å². The van der Waals surface area contributed by atoms with Crippen LogP contribution in [-0.4, -0.2) is 23.5 Å². The number of anilines is 2. The molecule has 0 aliphatic carbocycles. The summed E-state index contributed by atoms with van der Waals surface area (Å²) in [5, 5.41) is 6.44. The lowest BCUT2D eigenvalue weighted by Crippen LogP contribution is -2.28.